The van der Waals surface area contributed by atoms with E-state index in [9.17, 15) is 14.7 Å². The predicted molar refractivity (Wildman–Crippen MR) is 44.4 cm³/mol. The molecule has 0 radical (unpaired) electrons. The van der Waals surface area contributed by atoms with E-state index in [4.69, 9.17) is 5.11 Å². The van der Waals surface area contributed by atoms with Gasteiger partial charge >= 0.3 is 5.97 Å². The molecule has 5 heteroatoms. The summed E-state index contributed by atoms with van der Waals surface area (Å²) in [6.07, 6.45) is 1.20. The molecule has 72 valence electrons. The molecule has 0 saturated carbocycles. The molecule has 0 aliphatic carbocycles. The minimum Gasteiger partial charge on any atom is -0.543 e. The highest BCUT2D eigenvalue weighted by Gasteiger charge is 2.23. The Hall–Kier alpha value is -1.65. The molecule has 0 amide bonds. The normalized spacial score (nSPS) is 19.9. The first-order chi connectivity index (χ1) is 5.52. The Balaban J connectivity index is 0.00000144. The van der Waals surface area contributed by atoms with Crippen LogP contribution in [-0.4, -0.2) is 28.8 Å². The van der Waals surface area contributed by atoms with Crippen LogP contribution in [0.1, 0.15) is 14.4 Å². The molecular weight excluding hydrogens is 174 g/mol. The fraction of sp³-hybridized carbons (Fsp3) is 0.375. The van der Waals surface area contributed by atoms with Gasteiger partial charge in [0, 0.05) is 0 Å². The lowest BCUT2D eigenvalue weighted by molar-refractivity contribution is -0.293. The minimum absolute atomic E-state index is 0. The fourth-order valence-electron chi connectivity index (χ4n) is 0.934. The third-order valence-corrected chi connectivity index (χ3v) is 1.51. The van der Waals surface area contributed by atoms with Crippen LogP contribution in [0.15, 0.2) is 16.6 Å². The Labute approximate surface area is 75.4 Å². The summed E-state index contributed by atoms with van der Waals surface area (Å²) in [5.41, 5.74) is 0.0987. The van der Waals surface area contributed by atoms with Gasteiger partial charge in [0.05, 0.1) is 11.7 Å². The largest absolute Gasteiger partial charge is 0.543 e. The van der Waals surface area contributed by atoms with E-state index in [0.717, 1.165) is 0 Å². The first-order valence-electron chi connectivity index (χ1n) is 3.22. The Morgan fingerprint density at radius 1 is 1.62 bits per heavy atom. The Morgan fingerprint density at radius 3 is 2.38 bits per heavy atom. The van der Waals surface area contributed by atoms with E-state index in [0.29, 0.717) is 5.57 Å². The van der Waals surface area contributed by atoms with Crippen molar-refractivity contribution in [3.63, 3.8) is 0 Å². The highest BCUT2D eigenvalue weighted by Crippen LogP contribution is 2.13. The lowest BCUT2D eigenvalue weighted by Crippen LogP contribution is -2.30. The van der Waals surface area contributed by atoms with Crippen molar-refractivity contribution in [1.82, 2.24) is 0 Å². The topological polar surface area (TPSA) is 89.8 Å². The number of carbonyl (C=O) groups is 2. The van der Waals surface area contributed by atoms with Crippen molar-refractivity contribution in [1.29, 1.82) is 0 Å². The summed E-state index contributed by atoms with van der Waals surface area (Å²) in [6.45, 7) is 1.51. The van der Waals surface area contributed by atoms with Gasteiger partial charge in [0.1, 0.15) is 0 Å². The number of carbonyl (C=O) groups excluding carboxylic acids is 1. The molecule has 1 unspecified atom stereocenters. The quantitative estimate of drug-likeness (QED) is 0.610. The number of nitrogens with zero attached hydrogens (tertiary/aromatic N) is 1. The molecule has 0 aromatic rings. The number of rotatable bonds is 2. The monoisotopic (exact) mass is 184 g/mol. The average Bonchev–Trinajstić information content (AvgIpc) is 2.30. The van der Waals surface area contributed by atoms with E-state index in [1.165, 1.54) is 13.0 Å². The van der Waals surface area contributed by atoms with Crippen LogP contribution < -0.4 is 5.11 Å². The van der Waals surface area contributed by atoms with Crippen LogP contribution in [0, 0.1) is 0 Å². The summed E-state index contributed by atoms with van der Waals surface area (Å²) in [4.78, 5) is 24.1. The van der Waals surface area contributed by atoms with Crippen molar-refractivity contribution in [2.24, 2.45) is 4.99 Å². The third-order valence-electron chi connectivity index (χ3n) is 1.51. The molecule has 5 nitrogen and oxygen atoms in total. The van der Waals surface area contributed by atoms with Gasteiger partial charge in [-0.3, -0.25) is 4.99 Å². The molecule has 1 N–H and O–H groups in total. The van der Waals surface area contributed by atoms with Crippen molar-refractivity contribution >= 4 is 17.7 Å². The second-order valence-corrected chi connectivity index (χ2v) is 2.43. The number of carboxylic acid groups (broad SMARTS) is 2. The summed E-state index contributed by atoms with van der Waals surface area (Å²) in [5.74, 6) is -2.60. The highest BCUT2D eigenvalue weighted by atomic mass is 16.4. The number of hydrogen-bond acceptors (Lipinski definition) is 4. The molecule has 0 aromatic heterocycles. The molecule has 1 aliphatic rings. The van der Waals surface area contributed by atoms with Gasteiger partial charge in [0.2, 0.25) is 0 Å². The minimum atomic E-state index is -1.45. The van der Waals surface area contributed by atoms with Gasteiger partial charge < -0.3 is 15.0 Å². The van der Waals surface area contributed by atoms with Crippen LogP contribution in [0.3, 0.4) is 0 Å². The Kier molecular flexibility index (Phi) is 3.35. The zero-order valence-electron chi connectivity index (χ0n) is 6.27. The second-order valence-electron chi connectivity index (χ2n) is 2.43. The smallest absolute Gasteiger partial charge is 0.332 e. The van der Waals surface area contributed by atoms with E-state index in [-0.39, 0.29) is 13.1 Å². The van der Waals surface area contributed by atoms with Crippen LogP contribution in [0.2, 0.25) is 0 Å². The number of aliphatic carboxylic acids is 2. The Morgan fingerprint density at radius 2 is 2.15 bits per heavy atom. The number of hydrogen-bond donors (Lipinski definition) is 1. The van der Waals surface area contributed by atoms with E-state index >= 15 is 0 Å². The first-order valence-corrected chi connectivity index (χ1v) is 3.22. The summed E-state index contributed by atoms with van der Waals surface area (Å²) >= 11 is 0. The maximum atomic E-state index is 10.4. The van der Waals surface area contributed by atoms with Crippen molar-refractivity contribution in [3.8, 4) is 0 Å². The van der Waals surface area contributed by atoms with Gasteiger partial charge in [-0.15, -0.1) is 0 Å². The summed E-state index contributed by atoms with van der Waals surface area (Å²) in [7, 11) is 0. The van der Waals surface area contributed by atoms with E-state index < -0.39 is 18.0 Å². The summed E-state index contributed by atoms with van der Waals surface area (Å²) < 4.78 is 0. The van der Waals surface area contributed by atoms with E-state index in [1.807, 2.05) is 0 Å². The molecule has 0 spiro atoms. The molecule has 1 rings (SSSR count). The van der Waals surface area contributed by atoms with Gasteiger partial charge in [-0.05, 0) is 18.6 Å². The van der Waals surface area contributed by atoms with Crippen molar-refractivity contribution in [2.75, 3.05) is 0 Å². The van der Waals surface area contributed by atoms with Gasteiger partial charge in [-0.2, -0.15) is 0 Å². The van der Waals surface area contributed by atoms with Crippen LogP contribution in [0.4, 0.5) is 0 Å². The lowest BCUT2D eigenvalue weighted by atomic mass is 10.1. The maximum absolute atomic E-state index is 10.4. The van der Waals surface area contributed by atoms with Crippen LogP contribution in [0.5, 0.6) is 0 Å². The van der Waals surface area contributed by atoms with Crippen molar-refractivity contribution in [2.45, 2.75) is 20.4 Å². The average molecular weight is 184 g/mol. The molecule has 13 heavy (non-hydrogen) atoms. The van der Waals surface area contributed by atoms with E-state index in [2.05, 4.69) is 4.99 Å². The third kappa shape index (κ3) is 2.14. The zero-order valence-corrected chi connectivity index (χ0v) is 6.27. The molecule has 1 atom stereocenters. The number of carboxylic acids is 2. The van der Waals surface area contributed by atoms with E-state index in [1.54, 1.807) is 0 Å². The van der Waals surface area contributed by atoms with Crippen molar-refractivity contribution in [3.05, 3.63) is 11.6 Å². The molecule has 0 saturated heterocycles. The second kappa shape index (κ2) is 3.84. The van der Waals surface area contributed by atoms with Crippen LogP contribution in [-0.2, 0) is 9.59 Å². The molecule has 1 aliphatic heterocycles. The summed E-state index contributed by atoms with van der Waals surface area (Å²) in [6, 6.07) is -1.06. The highest BCUT2D eigenvalue weighted by molar-refractivity contribution is 6.40. The molecule has 1 heterocycles. The SMILES string of the molecule is C.CC1=CC(C(=O)[O-])=NC1C(=O)O. The van der Waals surface area contributed by atoms with Crippen LogP contribution >= 0.6 is 0 Å². The summed E-state index contributed by atoms with van der Waals surface area (Å²) in [5, 5.41) is 18.8. The molecule has 0 bridgehead atoms. The van der Waals surface area contributed by atoms with Gasteiger partial charge in [-0.25, -0.2) is 4.79 Å². The fourth-order valence-corrected chi connectivity index (χ4v) is 0.934. The standard InChI is InChI=1S/C7H7NO4.CH4/c1-3-2-4(6(9)10)8-5(3)7(11)12;/h2,5H,1H3,(H,9,10)(H,11,12);1H4/p-1. The first kappa shape index (κ1) is 11.4. The molecular formula is C8H10NO4-. The van der Waals surface area contributed by atoms with Gasteiger partial charge in [0.15, 0.2) is 6.04 Å². The molecule has 0 aromatic carbocycles. The lowest BCUT2D eigenvalue weighted by Gasteiger charge is -2.00. The van der Waals surface area contributed by atoms with Gasteiger partial charge in [-0.1, -0.05) is 7.43 Å². The molecule has 0 fully saturated rings. The Bertz CT molecular complexity index is 303. The predicted octanol–water partition coefficient (Wildman–Crippen LogP) is -0.774. The maximum Gasteiger partial charge on any atom is 0.332 e. The van der Waals surface area contributed by atoms with Gasteiger partial charge in [0.25, 0.3) is 0 Å². The zero-order chi connectivity index (χ0) is 9.30. The number of aliphatic imine (C=N–C) groups is 1. The van der Waals surface area contributed by atoms with Crippen LogP contribution in [0.25, 0.3) is 0 Å². The van der Waals surface area contributed by atoms with Crippen molar-refractivity contribution < 1.29 is 19.8 Å².